The van der Waals surface area contributed by atoms with Crippen molar-refractivity contribution < 1.29 is 13.2 Å². The van der Waals surface area contributed by atoms with Gasteiger partial charge in [0.1, 0.15) is 4.21 Å². The van der Waals surface area contributed by atoms with E-state index in [1.54, 1.807) is 35.2 Å². The Morgan fingerprint density at radius 2 is 1.96 bits per heavy atom. The van der Waals surface area contributed by atoms with Crippen LogP contribution in [-0.4, -0.2) is 20.9 Å². The maximum absolute atomic E-state index is 12.4. The quantitative estimate of drug-likeness (QED) is 0.920. The Balaban J connectivity index is 1.84. The Bertz CT molecular complexity index is 856. The van der Waals surface area contributed by atoms with Crippen LogP contribution in [0.25, 0.3) is 0 Å². The maximum Gasteiger partial charge on any atom is 0.271 e. The van der Waals surface area contributed by atoms with E-state index in [1.165, 1.54) is 11.3 Å². The van der Waals surface area contributed by atoms with E-state index in [0.717, 1.165) is 29.1 Å². The minimum absolute atomic E-state index is 0.121. The minimum atomic E-state index is -3.56. The number of anilines is 2. The number of benzene rings is 1. The van der Waals surface area contributed by atoms with Crippen LogP contribution in [0.5, 0.6) is 0 Å². The Kier molecular flexibility index (Phi) is 4.16. The molecule has 0 unspecified atom stereocenters. The number of rotatable bonds is 4. The molecular formula is C16H18N2O3S2. The lowest BCUT2D eigenvalue weighted by molar-refractivity contribution is -0.117. The van der Waals surface area contributed by atoms with Gasteiger partial charge in [-0.3, -0.25) is 9.52 Å². The van der Waals surface area contributed by atoms with E-state index in [9.17, 15) is 13.2 Å². The van der Waals surface area contributed by atoms with Gasteiger partial charge >= 0.3 is 0 Å². The number of thiophene rings is 1. The van der Waals surface area contributed by atoms with Crippen LogP contribution < -0.4 is 9.62 Å². The van der Waals surface area contributed by atoms with Gasteiger partial charge in [0.2, 0.25) is 5.91 Å². The Morgan fingerprint density at radius 1 is 1.17 bits per heavy atom. The molecular weight excluding hydrogens is 332 g/mol. The van der Waals surface area contributed by atoms with Gasteiger partial charge in [-0.05, 0) is 56.2 Å². The molecule has 0 saturated carbocycles. The highest BCUT2D eigenvalue weighted by atomic mass is 32.2. The maximum atomic E-state index is 12.4. The first-order valence-electron chi connectivity index (χ1n) is 7.37. The van der Waals surface area contributed by atoms with Crippen molar-refractivity contribution in [2.24, 2.45) is 0 Å². The van der Waals surface area contributed by atoms with Gasteiger partial charge in [0, 0.05) is 29.2 Å². The van der Waals surface area contributed by atoms with Crippen LogP contribution in [0.4, 0.5) is 11.4 Å². The van der Waals surface area contributed by atoms with Crippen LogP contribution in [0.1, 0.15) is 23.3 Å². The summed E-state index contributed by atoms with van der Waals surface area (Å²) in [4.78, 5) is 14.6. The van der Waals surface area contributed by atoms with E-state index >= 15 is 0 Å². The molecule has 1 aliphatic rings. The van der Waals surface area contributed by atoms with Crippen molar-refractivity contribution in [1.82, 2.24) is 0 Å². The average molecular weight is 350 g/mol. The van der Waals surface area contributed by atoms with Gasteiger partial charge in [-0.1, -0.05) is 0 Å². The van der Waals surface area contributed by atoms with Crippen molar-refractivity contribution >= 4 is 38.6 Å². The van der Waals surface area contributed by atoms with Crippen LogP contribution in [0.3, 0.4) is 0 Å². The van der Waals surface area contributed by atoms with Crippen molar-refractivity contribution in [2.45, 2.75) is 30.9 Å². The minimum Gasteiger partial charge on any atom is -0.312 e. The predicted molar refractivity (Wildman–Crippen MR) is 92.6 cm³/mol. The summed E-state index contributed by atoms with van der Waals surface area (Å²) in [7, 11) is -3.56. The standard InChI is InChI=1S/C16H18N2O3S2/c1-11-10-13(6-7-14(11)18-9-3-4-15(18)19)17-23(20,21)16-8-5-12(2)22-16/h5-8,10,17H,3-4,9H2,1-2H3. The molecule has 0 atom stereocenters. The molecule has 0 spiro atoms. The van der Waals surface area contributed by atoms with Crippen molar-refractivity contribution in [2.75, 3.05) is 16.2 Å². The molecule has 1 N–H and O–H groups in total. The zero-order valence-corrected chi connectivity index (χ0v) is 14.6. The summed E-state index contributed by atoms with van der Waals surface area (Å²) in [5, 5.41) is 0. The molecule has 122 valence electrons. The third-order valence-corrected chi connectivity index (χ3v) is 6.67. The SMILES string of the molecule is Cc1ccc(S(=O)(=O)Nc2ccc(N3CCCC3=O)c(C)c2)s1. The van der Waals surface area contributed by atoms with Gasteiger partial charge in [0.25, 0.3) is 10.0 Å². The van der Waals surface area contributed by atoms with Gasteiger partial charge in [-0.15, -0.1) is 11.3 Å². The third-order valence-electron chi connectivity index (χ3n) is 3.79. The highest BCUT2D eigenvalue weighted by Crippen LogP contribution is 2.29. The number of aryl methyl sites for hydroxylation is 2. The van der Waals surface area contributed by atoms with Crippen molar-refractivity contribution in [3.8, 4) is 0 Å². The molecule has 7 heteroatoms. The Hall–Kier alpha value is -1.86. The number of nitrogens with zero attached hydrogens (tertiary/aromatic N) is 1. The molecule has 0 aliphatic carbocycles. The van der Waals surface area contributed by atoms with E-state index in [2.05, 4.69) is 4.72 Å². The monoisotopic (exact) mass is 350 g/mol. The lowest BCUT2D eigenvalue weighted by Gasteiger charge is -2.19. The molecule has 2 heterocycles. The summed E-state index contributed by atoms with van der Waals surface area (Å²) in [6, 6.07) is 8.65. The highest BCUT2D eigenvalue weighted by molar-refractivity contribution is 7.94. The molecule has 1 aliphatic heterocycles. The largest absolute Gasteiger partial charge is 0.312 e. The van der Waals surface area contributed by atoms with Gasteiger partial charge < -0.3 is 4.90 Å². The summed E-state index contributed by atoms with van der Waals surface area (Å²) in [6.07, 6.45) is 1.44. The smallest absolute Gasteiger partial charge is 0.271 e. The fourth-order valence-corrected chi connectivity index (χ4v) is 5.02. The molecule has 23 heavy (non-hydrogen) atoms. The zero-order chi connectivity index (χ0) is 16.6. The van der Waals surface area contributed by atoms with Crippen LogP contribution in [0.2, 0.25) is 0 Å². The molecule has 1 amide bonds. The number of hydrogen-bond donors (Lipinski definition) is 1. The van der Waals surface area contributed by atoms with Gasteiger partial charge in [0.15, 0.2) is 0 Å². The first kappa shape index (κ1) is 16.0. The van der Waals surface area contributed by atoms with Crippen molar-refractivity contribution in [1.29, 1.82) is 0 Å². The van der Waals surface area contributed by atoms with Gasteiger partial charge in [-0.25, -0.2) is 8.42 Å². The molecule has 1 fully saturated rings. The summed E-state index contributed by atoms with van der Waals surface area (Å²) in [5.41, 5.74) is 2.23. The number of carbonyl (C=O) groups is 1. The fourth-order valence-electron chi connectivity index (χ4n) is 2.69. The van der Waals surface area contributed by atoms with Crippen LogP contribution in [0.15, 0.2) is 34.5 Å². The second kappa shape index (κ2) is 5.98. The summed E-state index contributed by atoms with van der Waals surface area (Å²) in [5.74, 6) is 0.121. The highest BCUT2D eigenvalue weighted by Gasteiger charge is 2.23. The second-order valence-electron chi connectivity index (χ2n) is 5.62. The van der Waals surface area contributed by atoms with Crippen molar-refractivity contribution in [3.63, 3.8) is 0 Å². The van der Waals surface area contributed by atoms with E-state index in [1.807, 2.05) is 13.8 Å². The third kappa shape index (κ3) is 3.25. The topological polar surface area (TPSA) is 66.5 Å². The number of amides is 1. The van der Waals surface area contributed by atoms with Gasteiger partial charge in [-0.2, -0.15) is 0 Å². The molecule has 1 saturated heterocycles. The Labute approximate surface area is 140 Å². The van der Waals surface area contributed by atoms with Crippen LogP contribution in [0, 0.1) is 13.8 Å². The number of carbonyl (C=O) groups excluding carboxylic acids is 1. The predicted octanol–water partition coefficient (Wildman–Crippen LogP) is 3.29. The van der Waals surface area contributed by atoms with Gasteiger partial charge in [0.05, 0.1) is 0 Å². The number of sulfonamides is 1. The van der Waals surface area contributed by atoms with E-state index < -0.39 is 10.0 Å². The van der Waals surface area contributed by atoms with E-state index in [-0.39, 0.29) is 5.91 Å². The average Bonchev–Trinajstić information content (AvgIpc) is 3.08. The normalized spacial score (nSPS) is 15.2. The first-order valence-corrected chi connectivity index (χ1v) is 9.67. The molecule has 0 bridgehead atoms. The lowest BCUT2D eigenvalue weighted by Crippen LogP contribution is -2.24. The number of hydrogen-bond acceptors (Lipinski definition) is 4. The second-order valence-corrected chi connectivity index (χ2v) is 8.82. The zero-order valence-electron chi connectivity index (χ0n) is 13.0. The fraction of sp³-hybridized carbons (Fsp3) is 0.312. The molecule has 3 rings (SSSR count). The van der Waals surface area contributed by atoms with Crippen molar-refractivity contribution in [3.05, 3.63) is 40.8 Å². The van der Waals surface area contributed by atoms with E-state index in [0.29, 0.717) is 16.3 Å². The molecule has 0 radical (unpaired) electrons. The molecule has 1 aromatic heterocycles. The molecule has 2 aromatic rings. The summed E-state index contributed by atoms with van der Waals surface area (Å²) >= 11 is 1.24. The lowest BCUT2D eigenvalue weighted by atomic mass is 10.1. The van der Waals surface area contributed by atoms with E-state index in [4.69, 9.17) is 0 Å². The molecule has 1 aromatic carbocycles. The van der Waals surface area contributed by atoms with Crippen LogP contribution >= 0.6 is 11.3 Å². The molecule has 5 nitrogen and oxygen atoms in total. The Morgan fingerprint density at radius 3 is 2.52 bits per heavy atom. The number of nitrogens with one attached hydrogen (secondary N) is 1. The van der Waals surface area contributed by atoms with Crippen LogP contribution in [-0.2, 0) is 14.8 Å². The summed E-state index contributed by atoms with van der Waals surface area (Å²) < 4.78 is 27.6. The first-order chi connectivity index (χ1) is 10.9. The summed E-state index contributed by atoms with van der Waals surface area (Å²) in [6.45, 7) is 4.48.